The Morgan fingerprint density at radius 1 is 1.14 bits per heavy atom. The fraction of sp³-hybridized carbons (Fsp3) is 0.368. The highest BCUT2D eigenvalue weighted by Gasteiger charge is 2.23. The fourth-order valence-electron chi connectivity index (χ4n) is 2.34. The van der Waals surface area contributed by atoms with Crippen LogP contribution in [0.2, 0.25) is 5.02 Å². The van der Waals surface area contributed by atoms with Crippen LogP contribution in [0.4, 0.5) is 5.69 Å². The van der Waals surface area contributed by atoms with Crippen molar-refractivity contribution >= 4 is 41.5 Å². The van der Waals surface area contributed by atoms with Gasteiger partial charge in [0.1, 0.15) is 0 Å². The van der Waals surface area contributed by atoms with Crippen LogP contribution in [-0.4, -0.2) is 46.3 Å². The average molecular weight is 426 g/mol. The van der Waals surface area contributed by atoms with E-state index in [1.807, 2.05) is 13.8 Å². The molecule has 0 aliphatic rings. The first-order chi connectivity index (χ1) is 12.8. The summed E-state index contributed by atoms with van der Waals surface area (Å²) >= 11 is 5.84. The van der Waals surface area contributed by atoms with E-state index in [9.17, 15) is 9.59 Å². The normalized spacial score (nSPS) is 11.5. The number of benzene rings is 1. The van der Waals surface area contributed by atoms with Crippen molar-refractivity contribution in [1.82, 2.24) is 14.9 Å². The third-order valence-electron chi connectivity index (χ3n) is 4.22. The van der Waals surface area contributed by atoms with Crippen molar-refractivity contribution in [2.45, 2.75) is 26.3 Å². The number of carbonyl (C=O) groups excluding carboxylic acids is 2. The van der Waals surface area contributed by atoms with Gasteiger partial charge in [0.05, 0.1) is 0 Å². The molecule has 1 aromatic heterocycles. The highest BCUT2D eigenvalue weighted by Crippen LogP contribution is 2.15. The molecule has 0 radical (unpaired) electrons. The predicted octanol–water partition coefficient (Wildman–Crippen LogP) is 3.25. The Kier molecular flexibility index (Phi) is 9.31. The van der Waals surface area contributed by atoms with E-state index in [-0.39, 0.29) is 35.7 Å². The van der Waals surface area contributed by atoms with Gasteiger partial charge in [-0.15, -0.1) is 12.4 Å². The van der Waals surface area contributed by atoms with Gasteiger partial charge in [0.2, 0.25) is 0 Å². The number of halogens is 2. The van der Waals surface area contributed by atoms with Crippen molar-refractivity contribution in [3.8, 4) is 0 Å². The quantitative estimate of drug-likeness (QED) is 0.708. The number of nitrogens with zero attached hydrogens (tertiary/aromatic N) is 3. The van der Waals surface area contributed by atoms with Gasteiger partial charge in [-0.25, -0.2) is 9.97 Å². The summed E-state index contributed by atoms with van der Waals surface area (Å²) in [5.41, 5.74) is 6.56. The summed E-state index contributed by atoms with van der Waals surface area (Å²) in [5.74, 6) is -0.563. The topological polar surface area (TPSA) is 101 Å². The maximum atomic E-state index is 12.7. The van der Waals surface area contributed by atoms with Gasteiger partial charge in [0.15, 0.2) is 11.4 Å². The van der Waals surface area contributed by atoms with Crippen molar-refractivity contribution in [2.24, 2.45) is 11.7 Å². The fourth-order valence-corrected chi connectivity index (χ4v) is 2.47. The molecule has 0 saturated heterocycles. The number of hydrogen-bond donors (Lipinski definition) is 2. The molecule has 1 heterocycles. The summed E-state index contributed by atoms with van der Waals surface area (Å²) in [5, 5.41) is 3.25. The van der Waals surface area contributed by atoms with Crippen LogP contribution in [0.1, 0.15) is 41.2 Å². The maximum Gasteiger partial charge on any atom is 0.276 e. The van der Waals surface area contributed by atoms with Crippen molar-refractivity contribution in [3.63, 3.8) is 0 Å². The molecule has 1 aromatic carbocycles. The summed E-state index contributed by atoms with van der Waals surface area (Å²) in [6.07, 6.45) is 3.43. The minimum atomic E-state index is -0.513. The Morgan fingerprint density at radius 2 is 1.71 bits per heavy atom. The Morgan fingerprint density at radius 3 is 2.29 bits per heavy atom. The second-order valence-corrected chi connectivity index (χ2v) is 7.07. The van der Waals surface area contributed by atoms with E-state index >= 15 is 0 Å². The van der Waals surface area contributed by atoms with Gasteiger partial charge in [0, 0.05) is 42.7 Å². The largest absolute Gasteiger partial charge is 0.340 e. The molecule has 9 heteroatoms. The van der Waals surface area contributed by atoms with Gasteiger partial charge < -0.3 is 16.0 Å². The first-order valence-electron chi connectivity index (χ1n) is 8.68. The molecule has 0 fully saturated rings. The molecule has 152 valence electrons. The number of carbonyl (C=O) groups is 2. The van der Waals surface area contributed by atoms with Gasteiger partial charge in [-0.3, -0.25) is 9.59 Å². The van der Waals surface area contributed by atoms with E-state index in [4.69, 9.17) is 17.3 Å². The Hall–Kier alpha value is -2.22. The number of nitrogens with one attached hydrogen (secondary N) is 1. The molecule has 0 aliphatic carbocycles. The van der Waals surface area contributed by atoms with E-state index in [0.29, 0.717) is 29.6 Å². The van der Waals surface area contributed by atoms with E-state index in [2.05, 4.69) is 15.3 Å². The molecule has 0 bridgehead atoms. The predicted molar refractivity (Wildman–Crippen MR) is 113 cm³/mol. The molecule has 2 amide bonds. The van der Waals surface area contributed by atoms with Crippen LogP contribution in [0.5, 0.6) is 0 Å². The second kappa shape index (κ2) is 10.9. The Bertz CT molecular complexity index is 799. The first-order valence-corrected chi connectivity index (χ1v) is 9.06. The lowest BCUT2D eigenvalue weighted by molar-refractivity contribution is 0.0777. The van der Waals surface area contributed by atoms with Crippen molar-refractivity contribution in [1.29, 1.82) is 0 Å². The minimum absolute atomic E-state index is 0. The van der Waals surface area contributed by atoms with E-state index in [1.165, 1.54) is 17.3 Å². The van der Waals surface area contributed by atoms with Crippen LogP contribution < -0.4 is 11.1 Å². The van der Waals surface area contributed by atoms with Gasteiger partial charge in [-0.05, 0) is 36.6 Å². The van der Waals surface area contributed by atoms with E-state index in [1.54, 1.807) is 31.3 Å². The molecule has 28 heavy (non-hydrogen) atoms. The molecule has 2 rings (SSSR count). The summed E-state index contributed by atoms with van der Waals surface area (Å²) < 4.78 is 0. The smallest absolute Gasteiger partial charge is 0.276 e. The number of hydrogen-bond acceptors (Lipinski definition) is 5. The number of aromatic nitrogens is 2. The lowest BCUT2D eigenvalue weighted by Gasteiger charge is -2.21. The van der Waals surface area contributed by atoms with Gasteiger partial charge in [0.25, 0.3) is 11.8 Å². The number of amides is 2. The van der Waals surface area contributed by atoms with Crippen molar-refractivity contribution < 1.29 is 9.59 Å². The summed E-state index contributed by atoms with van der Waals surface area (Å²) in [6, 6.07) is 6.64. The molecule has 1 atom stereocenters. The third-order valence-corrected chi connectivity index (χ3v) is 4.47. The van der Waals surface area contributed by atoms with Crippen LogP contribution in [0.3, 0.4) is 0 Å². The lowest BCUT2D eigenvalue weighted by Crippen LogP contribution is -2.36. The SMILES string of the molecule is CC(C)C(N)CCN(C)C(=O)c1nccnc1C(=O)Nc1ccc(Cl)cc1.Cl. The molecule has 3 N–H and O–H groups in total. The van der Waals surface area contributed by atoms with Crippen LogP contribution in [0.25, 0.3) is 0 Å². The van der Waals surface area contributed by atoms with Crippen molar-refractivity contribution in [3.05, 3.63) is 53.1 Å². The number of nitrogens with two attached hydrogens (primary N) is 1. The summed E-state index contributed by atoms with van der Waals surface area (Å²) in [7, 11) is 1.66. The standard InChI is InChI=1S/C19H24ClN5O2.ClH/c1-12(2)15(21)8-11-25(3)19(27)17-16(22-9-10-23-17)18(26)24-14-6-4-13(20)5-7-14;/h4-7,9-10,12,15H,8,11,21H2,1-3H3,(H,24,26);1H. The Balaban J connectivity index is 0.00000392. The van der Waals surface area contributed by atoms with E-state index < -0.39 is 5.91 Å². The zero-order valence-electron chi connectivity index (χ0n) is 16.1. The highest BCUT2D eigenvalue weighted by molar-refractivity contribution is 6.30. The highest BCUT2D eigenvalue weighted by atomic mass is 35.5. The molecule has 7 nitrogen and oxygen atoms in total. The number of rotatable bonds is 7. The molecule has 0 spiro atoms. The second-order valence-electron chi connectivity index (χ2n) is 6.64. The Labute approximate surface area is 176 Å². The lowest BCUT2D eigenvalue weighted by atomic mass is 10.0. The molecule has 0 saturated carbocycles. The molecule has 0 aliphatic heterocycles. The first kappa shape index (κ1) is 23.8. The average Bonchev–Trinajstić information content (AvgIpc) is 2.66. The van der Waals surface area contributed by atoms with Crippen molar-refractivity contribution in [2.75, 3.05) is 18.9 Å². The molecular formula is C19H25Cl2N5O2. The summed E-state index contributed by atoms with van der Waals surface area (Å²) in [4.78, 5) is 34.9. The molecule has 1 unspecified atom stereocenters. The van der Waals surface area contributed by atoms with Crippen LogP contribution in [-0.2, 0) is 0 Å². The third kappa shape index (κ3) is 6.44. The van der Waals surface area contributed by atoms with Gasteiger partial charge >= 0.3 is 0 Å². The van der Waals surface area contributed by atoms with E-state index in [0.717, 1.165) is 0 Å². The zero-order chi connectivity index (χ0) is 20.0. The van der Waals surface area contributed by atoms with Gasteiger partial charge in [-0.2, -0.15) is 0 Å². The van der Waals surface area contributed by atoms with Gasteiger partial charge in [-0.1, -0.05) is 25.4 Å². The molecule has 2 aromatic rings. The summed E-state index contributed by atoms with van der Waals surface area (Å²) in [6.45, 7) is 4.54. The van der Waals surface area contributed by atoms with Crippen LogP contribution in [0, 0.1) is 5.92 Å². The zero-order valence-corrected chi connectivity index (χ0v) is 17.6. The monoisotopic (exact) mass is 425 g/mol. The van der Waals surface area contributed by atoms with Crippen LogP contribution >= 0.6 is 24.0 Å². The molecular weight excluding hydrogens is 401 g/mol. The maximum absolute atomic E-state index is 12.7. The van der Waals surface area contributed by atoms with Crippen LogP contribution in [0.15, 0.2) is 36.7 Å². The number of anilines is 1. The minimum Gasteiger partial charge on any atom is -0.340 e.